The molecule has 2 rings (SSSR count). The molecule has 1 fully saturated rings. The maximum absolute atomic E-state index is 6.27. The van der Waals surface area contributed by atoms with Crippen LogP contribution in [0.4, 0.5) is 0 Å². The van der Waals surface area contributed by atoms with Gasteiger partial charge in [-0.1, -0.05) is 42.7 Å². The van der Waals surface area contributed by atoms with E-state index < -0.39 is 0 Å². The summed E-state index contributed by atoms with van der Waals surface area (Å²) in [4.78, 5) is 0. The molecule has 0 spiro atoms. The lowest BCUT2D eigenvalue weighted by Crippen LogP contribution is -2.48. The fourth-order valence-corrected chi connectivity index (χ4v) is 3.06. The van der Waals surface area contributed by atoms with Gasteiger partial charge in [-0.25, -0.2) is 0 Å². The van der Waals surface area contributed by atoms with E-state index in [4.69, 9.17) is 11.5 Å². The van der Waals surface area contributed by atoms with Crippen LogP contribution in [-0.2, 0) is 5.41 Å². The van der Waals surface area contributed by atoms with Gasteiger partial charge in [0.25, 0.3) is 0 Å². The van der Waals surface area contributed by atoms with Crippen LogP contribution in [0.2, 0.25) is 0 Å². The third kappa shape index (κ3) is 1.87. The van der Waals surface area contributed by atoms with E-state index in [1.165, 1.54) is 36.8 Å². The number of benzene rings is 1. The summed E-state index contributed by atoms with van der Waals surface area (Å²) < 4.78 is 0. The maximum atomic E-state index is 6.27. The minimum absolute atomic E-state index is 0.0943. The van der Waals surface area contributed by atoms with E-state index in [-0.39, 0.29) is 11.5 Å². The Morgan fingerprint density at radius 2 is 2.00 bits per heavy atom. The first kappa shape index (κ1) is 11.6. The highest BCUT2D eigenvalue weighted by Crippen LogP contribution is 2.43. The molecular weight excluding hydrogens is 196 g/mol. The van der Waals surface area contributed by atoms with Crippen LogP contribution in [0.15, 0.2) is 24.3 Å². The SMILES string of the molecule is Cc1cccc(C2(C(N)CN)CCCC2)c1. The number of hydrogen-bond donors (Lipinski definition) is 2. The summed E-state index contributed by atoms with van der Waals surface area (Å²) >= 11 is 0. The highest BCUT2D eigenvalue weighted by Gasteiger charge is 2.40. The van der Waals surface area contributed by atoms with Gasteiger partial charge in [0.05, 0.1) is 0 Å². The molecule has 1 aliphatic carbocycles. The van der Waals surface area contributed by atoms with Crippen molar-refractivity contribution in [3.63, 3.8) is 0 Å². The molecule has 16 heavy (non-hydrogen) atoms. The molecule has 0 radical (unpaired) electrons. The fraction of sp³-hybridized carbons (Fsp3) is 0.571. The van der Waals surface area contributed by atoms with Gasteiger partial charge in [0.1, 0.15) is 0 Å². The Bertz CT molecular complexity index is 354. The fourth-order valence-electron chi connectivity index (χ4n) is 3.06. The summed E-state index contributed by atoms with van der Waals surface area (Å²) in [6.45, 7) is 2.72. The third-order valence-corrected chi connectivity index (χ3v) is 4.05. The molecule has 88 valence electrons. The Balaban J connectivity index is 2.39. The van der Waals surface area contributed by atoms with Crippen molar-refractivity contribution in [1.29, 1.82) is 0 Å². The van der Waals surface area contributed by atoms with Crippen molar-refractivity contribution in [2.45, 2.75) is 44.1 Å². The summed E-state index contributed by atoms with van der Waals surface area (Å²) in [6, 6.07) is 8.86. The standard InChI is InChI=1S/C14H22N2/c1-11-5-4-6-12(9-11)14(13(16)10-15)7-2-3-8-14/h4-6,9,13H,2-3,7-8,10,15-16H2,1H3. The largest absolute Gasteiger partial charge is 0.329 e. The van der Waals surface area contributed by atoms with Gasteiger partial charge in [-0.15, -0.1) is 0 Å². The predicted molar refractivity (Wildman–Crippen MR) is 68.4 cm³/mol. The van der Waals surface area contributed by atoms with E-state index in [2.05, 4.69) is 31.2 Å². The first-order valence-electron chi connectivity index (χ1n) is 6.22. The Hall–Kier alpha value is -0.860. The summed E-state index contributed by atoms with van der Waals surface area (Å²) in [5.74, 6) is 0. The van der Waals surface area contributed by atoms with E-state index in [9.17, 15) is 0 Å². The van der Waals surface area contributed by atoms with Crippen LogP contribution in [-0.4, -0.2) is 12.6 Å². The van der Waals surface area contributed by atoms with Crippen LogP contribution in [0.25, 0.3) is 0 Å². The molecule has 2 nitrogen and oxygen atoms in total. The molecule has 0 aromatic heterocycles. The molecule has 1 saturated carbocycles. The van der Waals surface area contributed by atoms with Gasteiger partial charge >= 0.3 is 0 Å². The molecule has 1 unspecified atom stereocenters. The van der Waals surface area contributed by atoms with Crippen LogP contribution in [0, 0.1) is 6.92 Å². The van der Waals surface area contributed by atoms with Crippen LogP contribution in [0.3, 0.4) is 0 Å². The zero-order chi connectivity index (χ0) is 11.6. The summed E-state index contributed by atoms with van der Waals surface area (Å²) in [5.41, 5.74) is 14.9. The van der Waals surface area contributed by atoms with Gasteiger partial charge < -0.3 is 11.5 Å². The zero-order valence-corrected chi connectivity index (χ0v) is 10.1. The molecule has 1 aliphatic rings. The number of hydrogen-bond acceptors (Lipinski definition) is 2. The summed E-state index contributed by atoms with van der Waals surface area (Å²) in [7, 11) is 0. The second-order valence-corrected chi connectivity index (χ2v) is 5.07. The van der Waals surface area contributed by atoms with Gasteiger partial charge in [0.15, 0.2) is 0 Å². The molecule has 0 aliphatic heterocycles. The summed E-state index contributed by atoms with van der Waals surface area (Å²) in [6.07, 6.45) is 4.94. The number of rotatable bonds is 3. The van der Waals surface area contributed by atoms with Crippen molar-refractivity contribution in [3.05, 3.63) is 35.4 Å². The Morgan fingerprint density at radius 1 is 1.31 bits per heavy atom. The van der Waals surface area contributed by atoms with E-state index in [0.29, 0.717) is 6.54 Å². The molecular formula is C14H22N2. The number of aryl methyl sites for hydroxylation is 1. The van der Waals surface area contributed by atoms with E-state index in [1.54, 1.807) is 0 Å². The van der Waals surface area contributed by atoms with Crippen molar-refractivity contribution >= 4 is 0 Å². The first-order valence-corrected chi connectivity index (χ1v) is 6.22. The highest BCUT2D eigenvalue weighted by atomic mass is 14.8. The molecule has 0 saturated heterocycles. The third-order valence-electron chi connectivity index (χ3n) is 4.05. The van der Waals surface area contributed by atoms with Crippen molar-refractivity contribution in [2.75, 3.05) is 6.54 Å². The Kier molecular flexibility index (Phi) is 3.31. The lowest BCUT2D eigenvalue weighted by atomic mass is 9.72. The van der Waals surface area contributed by atoms with E-state index in [0.717, 1.165) is 0 Å². The molecule has 1 aromatic carbocycles. The van der Waals surface area contributed by atoms with Gasteiger partial charge in [0.2, 0.25) is 0 Å². The predicted octanol–water partition coefficient (Wildman–Crippen LogP) is 2.09. The molecule has 0 heterocycles. The summed E-state index contributed by atoms with van der Waals surface area (Å²) in [5, 5.41) is 0. The normalized spacial score (nSPS) is 20.9. The van der Waals surface area contributed by atoms with E-state index >= 15 is 0 Å². The van der Waals surface area contributed by atoms with Crippen molar-refractivity contribution < 1.29 is 0 Å². The Labute approximate surface area is 98.0 Å². The smallest absolute Gasteiger partial charge is 0.0261 e. The van der Waals surface area contributed by atoms with Crippen LogP contribution >= 0.6 is 0 Å². The van der Waals surface area contributed by atoms with Crippen LogP contribution in [0.1, 0.15) is 36.8 Å². The molecule has 4 N–H and O–H groups in total. The Morgan fingerprint density at radius 3 is 2.56 bits per heavy atom. The van der Waals surface area contributed by atoms with Gasteiger partial charge in [-0.2, -0.15) is 0 Å². The quantitative estimate of drug-likeness (QED) is 0.816. The maximum Gasteiger partial charge on any atom is 0.0261 e. The average Bonchev–Trinajstić information content (AvgIpc) is 2.78. The van der Waals surface area contributed by atoms with Gasteiger partial charge in [0, 0.05) is 18.0 Å². The monoisotopic (exact) mass is 218 g/mol. The second-order valence-electron chi connectivity index (χ2n) is 5.07. The molecule has 0 bridgehead atoms. The van der Waals surface area contributed by atoms with Crippen LogP contribution in [0.5, 0.6) is 0 Å². The highest BCUT2D eigenvalue weighted by molar-refractivity contribution is 5.32. The first-order chi connectivity index (χ1) is 7.69. The van der Waals surface area contributed by atoms with Crippen LogP contribution < -0.4 is 11.5 Å². The van der Waals surface area contributed by atoms with E-state index in [1.807, 2.05) is 0 Å². The lowest BCUT2D eigenvalue weighted by molar-refractivity contribution is 0.354. The lowest BCUT2D eigenvalue weighted by Gasteiger charge is -2.35. The van der Waals surface area contributed by atoms with Gasteiger partial charge in [-0.3, -0.25) is 0 Å². The van der Waals surface area contributed by atoms with Crippen molar-refractivity contribution in [3.8, 4) is 0 Å². The van der Waals surface area contributed by atoms with Crippen molar-refractivity contribution in [1.82, 2.24) is 0 Å². The topological polar surface area (TPSA) is 52.0 Å². The molecule has 0 amide bonds. The number of nitrogens with two attached hydrogens (primary N) is 2. The molecule has 1 aromatic rings. The zero-order valence-electron chi connectivity index (χ0n) is 10.1. The average molecular weight is 218 g/mol. The second kappa shape index (κ2) is 4.56. The minimum Gasteiger partial charge on any atom is -0.329 e. The molecule has 1 atom stereocenters. The minimum atomic E-state index is 0.0943. The van der Waals surface area contributed by atoms with Crippen molar-refractivity contribution in [2.24, 2.45) is 11.5 Å². The molecule has 2 heteroatoms. The van der Waals surface area contributed by atoms with Gasteiger partial charge in [-0.05, 0) is 25.3 Å².